The van der Waals surface area contributed by atoms with Crippen LogP contribution in [-0.2, 0) is 20.2 Å². The van der Waals surface area contributed by atoms with E-state index in [-0.39, 0.29) is 17.7 Å². The molecule has 1 fully saturated rings. The van der Waals surface area contributed by atoms with E-state index in [0.29, 0.717) is 29.2 Å². The Morgan fingerprint density at radius 1 is 1.09 bits per heavy atom. The normalized spacial score (nSPS) is 15.0. The minimum absolute atomic E-state index is 0.238. The van der Waals surface area contributed by atoms with Crippen molar-refractivity contribution in [3.63, 3.8) is 0 Å². The highest BCUT2D eigenvalue weighted by atomic mass is 32.2. The third kappa shape index (κ3) is 5.92. The molecule has 176 valence electrons. The van der Waals surface area contributed by atoms with E-state index < -0.39 is 16.1 Å². The van der Waals surface area contributed by atoms with Crippen molar-refractivity contribution in [3.05, 3.63) is 53.1 Å². The minimum atomic E-state index is -3.35. The van der Waals surface area contributed by atoms with Crippen LogP contribution in [0.5, 0.6) is 5.75 Å². The van der Waals surface area contributed by atoms with Gasteiger partial charge in [0.15, 0.2) is 0 Å². The van der Waals surface area contributed by atoms with Gasteiger partial charge >= 0.3 is 6.03 Å². The maximum Gasteiger partial charge on any atom is 0.328 e. The quantitative estimate of drug-likeness (QED) is 0.620. The highest BCUT2D eigenvalue weighted by Gasteiger charge is 2.30. The molecule has 0 spiro atoms. The molecule has 3 rings (SSSR count). The molecule has 1 aliphatic rings. The lowest BCUT2D eigenvalue weighted by atomic mass is 9.84. The molecule has 0 aromatic heterocycles. The number of urea groups is 1. The SMILES string of the molecule is COc1c(C=Cc2ccc(NS(C)(=O)=O)cc2)cc(N2C(=O)CCNC2=O)cc1C(C)(C)C. The number of nitrogens with one attached hydrogen (secondary N) is 2. The number of carbonyl (C=O) groups excluding carboxylic acids is 2. The van der Waals surface area contributed by atoms with Crippen molar-refractivity contribution in [2.24, 2.45) is 0 Å². The molecular formula is C24H29N3O5S. The molecule has 1 aliphatic heterocycles. The van der Waals surface area contributed by atoms with Gasteiger partial charge in [0.25, 0.3) is 0 Å². The maximum atomic E-state index is 12.5. The second kappa shape index (κ2) is 9.27. The smallest absolute Gasteiger partial charge is 0.328 e. The Bertz CT molecular complexity index is 1180. The monoisotopic (exact) mass is 471 g/mol. The first-order valence-corrected chi connectivity index (χ1v) is 12.4. The molecule has 3 amide bonds. The Balaban J connectivity index is 2.04. The van der Waals surface area contributed by atoms with Crippen molar-refractivity contribution >= 4 is 45.5 Å². The first kappa shape index (κ1) is 24.3. The number of ether oxygens (including phenoxy) is 1. The second-order valence-corrected chi connectivity index (χ2v) is 10.7. The van der Waals surface area contributed by atoms with Crippen LogP contribution in [0.1, 0.15) is 43.9 Å². The van der Waals surface area contributed by atoms with E-state index in [2.05, 4.69) is 10.0 Å². The number of methoxy groups -OCH3 is 1. The van der Waals surface area contributed by atoms with E-state index in [4.69, 9.17) is 4.74 Å². The minimum Gasteiger partial charge on any atom is -0.496 e. The van der Waals surface area contributed by atoms with Crippen LogP contribution in [0.2, 0.25) is 0 Å². The van der Waals surface area contributed by atoms with Crippen molar-refractivity contribution in [1.82, 2.24) is 5.32 Å². The van der Waals surface area contributed by atoms with Gasteiger partial charge in [-0.1, -0.05) is 45.1 Å². The summed E-state index contributed by atoms with van der Waals surface area (Å²) in [5.74, 6) is 0.399. The predicted molar refractivity (Wildman–Crippen MR) is 131 cm³/mol. The second-order valence-electron chi connectivity index (χ2n) is 8.91. The molecule has 1 saturated heterocycles. The van der Waals surface area contributed by atoms with E-state index in [1.807, 2.05) is 39.0 Å². The zero-order chi connectivity index (χ0) is 24.4. The number of rotatable bonds is 6. The largest absolute Gasteiger partial charge is 0.496 e. The summed E-state index contributed by atoms with van der Waals surface area (Å²) in [6, 6.07) is 10.0. The van der Waals surface area contributed by atoms with E-state index in [0.717, 1.165) is 17.4 Å². The van der Waals surface area contributed by atoms with Crippen LogP contribution in [0.3, 0.4) is 0 Å². The zero-order valence-electron chi connectivity index (χ0n) is 19.4. The lowest BCUT2D eigenvalue weighted by Gasteiger charge is -2.29. The number of hydrogen-bond donors (Lipinski definition) is 2. The summed E-state index contributed by atoms with van der Waals surface area (Å²) in [5, 5.41) is 2.71. The van der Waals surface area contributed by atoms with Crippen molar-refractivity contribution < 1.29 is 22.7 Å². The van der Waals surface area contributed by atoms with E-state index in [9.17, 15) is 18.0 Å². The van der Waals surface area contributed by atoms with Gasteiger partial charge in [0.2, 0.25) is 15.9 Å². The van der Waals surface area contributed by atoms with Gasteiger partial charge in [-0.3, -0.25) is 9.52 Å². The van der Waals surface area contributed by atoms with Crippen LogP contribution >= 0.6 is 0 Å². The number of amides is 3. The molecule has 0 unspecified atom stereocenters. The number of imide groups is 1. The van der Waals surface area contributed by atoms with Crippen LogP contribution < -0.4 is 19.7 Å². The third-order valence-electron chi connectivity index (χ3n) is 5.11. The van der Waals surface area contributed by atoms with Gasteiger partial charge in [0.05, 0.1) is 19.1 Å². The molecule has 0 saturated carbocycles. The molecule has 2 aromatic carbocycles. The molecule has 0 aliphatic carbocycles. The number of sulfonamides is 1. The molecule has 9 heteroatoms. The number of carbonyl (C=O) groups is 2. The first-order valence-electron chi connectivity index (χ1n) is 10.5. The molecule has 33 heavy (non-hydrogen) atoms. The van der Waals surface area contributed by atoms with Crippen molar-refractivity contribution in [1.29, 1.82) is 0 Å². The summed E-state index contributed by atoms with van der Waals surface area (Å²) < 4.78 is 30.9. The number of benzene rings is 2. The van der Waals surface area contributed by atoms with Crippen LogP contribution in [0, 0.1) is 0 Å². The topological polar surface area (TPSA) is 105 Å². The molecule has 0 radical (unpaired) electrons. The summed E-state index contributed by atoms with van der Waals surface area (Å²) in [7, 11) is -1.76. The van der Waals surface area contributed by atoms with Crippen LogP contribution in [0.4, 0.5) is 16.2 Å². The summed E-state index contributed by atoms with van der Waals surface area (Å²) in [6.07, 6.45) is 5.04. The van der Waals surface area contributed by atoms with E-state index >= 15 is 0 Å². The Labute approximate surface area is 194 Å². The molecule has 0 atom stereocenters. The van der Waals surface area contributed by atoms with Gasteiger partial charge in [-0.15, -0.1) is 0 Å². The average Bonchev–Trinajstić information content (AvgIpc) is 2.71. The average molecular weight is 472 g/mol. The summed E-state index contributed by atoms with van der Waals surface area (Å²) in [4.78, 5) is 26.1. The third-order valence-corrected chi connectivity index (χ3v) is 5.72. The van der Waals surface area contributed by atoms with Crippen molar-refractivity contribution in [2.75, 3.05) is 29.5 Å². The van der Waals surface area contributed by atoms with Crippen LogP contribution in [-0.4, -0.2) is 40.3 Å². The van der Waals surface area contributed by atoms with Gasteiger partial charge in [0.1, 0.15) is 5.75 Å². The highest BCUT2D eigenvalue weighted by molar-refractivity contribution is 7.92. The number of hydrogen-bond acceptors (Lipinski definition) is 5. The molecule has 2 N–H and O–H groups in total. The molecular weight excluding hydrogens is 442 g/mol. The van der Waals surface area contributed by atoms with Crippen molar-refractivity contribution in [3.8, 4) is 5.75 Å². The summed E-state index contributed by atoms with van der Waals surface area (Å²) >= 11 is 0. The standard InChI is InChI=1S/C24H29N3O5S/c1-24(2,3)20-15-19(27-21(28)12-13-25-23(27)29)14-17(22(20)32-4)9-6-16-7-10-18(11-8-16)26-33(5,30)31/h6-11,14-15,26H,12-13H2,1-5H3,(H,25,29). The lowest BCUT2D eigenvalue weighted by Crippen LogP contribution is -2.50. The molecule has 8 nitrogen and oxygen atoms in total. The summed E-state index contributed by atoms with van der Waals surface area (Å²) in [5.41, 5.74) is 3.06. The Hall–Kier alpha value is -3.33. The fraction of sp³-hybridized carbons (Fsp3) is 0.333. The number of nitrogens with zero attached hydrogens (tertiary/aromatic N) is 1. The van der Waals surface area contributed by atoms with Crippen LogP contribution in [0.15, 0.2) is 36.4 Å². The Kier molecular flexibility index (Phi) is 6.83. The van der Waals surface area contributed by atoms with Gasteiger partial charge in [0, 0.05) is 29.8 Å². The number of anilines is 2. The highest BCUT2D eigenvalue weighted by Crippen LogP contribution is 2.39. The Morgan fingerprint density at radius 3 is 2.30 bits per heavy atom. The molecule has 2 aromatic rings. The fourth-order valence-corrected chi connectivity index (χ4v) is 4.14. The lowest BCUT2D eigenvalue weighted by molar-refractivity contribution is -0.118. The van der Waals surface area contributed by atoms with E-state index in [1.165, 1.54) is 4.90 Å². The van der Waals surface area contributed by atoms with Gasteiger partial charge in [-0.25, -0.2) is 18.1 Å². The molecule has 1 heterocycles. The van der Waals surface area contributed by atoms with Gasteiger partial charge in [-0.2, -0.15) is 0 Å². The Morgan fingerprint density at radius 2 is 1.76 bits per heavy atom. The van der Waals surface area contributed by atoms with Gasteiger partial charge < -0.3 is 10.1 Å². The fourth-order valence-electron chi connectivity index (χ4n) is 3.58. The predicted octanol–water partition coefficient (Wildman–Crippen LogP) is 3.98. The summed E-state index contributed by atoms with van der Waals surface area (Å²) in [6.45, 7) is 6.43. The molecule has 0 bridgehead atoms. The maximum absolute atomic E-state index is 12.5. The van der Waals surface area contributed by atoms with Crippen LogP contribution in [0.25, 0.3) is 12.2 Å². The zero-order valence-corrected chi connectivity index (χ0v) is 20.2. The van der Waals surface area contributed by atoms with Gasteiger partial charge in [-0.05, 0) is 35.2 Å². The van der Waals surface area contributed by atoms with Crippen molar-refractivity contribution in [2.45, 2.75) is 32.6 Å². The first-order chi connectivity index (χ1) is 15.4. The van der Waals surface area contributed by atoms with E-state index in [1.54, 1.807) is 37.4 Å².